The van der Waals surface area contributed by atoms with Gasteiger partial charge in [-0.2, -0.15) is 0 Å². The molecule has 1 aromatic heterocycles. The van der Waals surface area contributed by atoms with Gasteiger partial charge < -0.3 is 10.2 Å². The number of benzene rings is 1. The van der Waals surface area contributed by atoms with E-state index in [0.29, 0.717) is 38.9 Å². The second kappa shape index (κ2) is 8.61. The SMILES string of the molecule is Cc1nc(CNC(=O)[C@@H]2CCC(=O)N(CCc3cccc(F)c3)C2)sc1C. The molecule has 0 radical (unpaired) electrons. The van der Waals surface area contributed by atoms with Gasteiger partial charge in [-0.05, 0) is 44.4 Å². The van der Waals surface area contributed by atoms with Gasteiger partial charge in [0.1, 0.15) is 10.8 Å². The number of nitrogens with zero attached hydrogens (tertiary/aromatic N) is 2. The molecule has 1 atom stereocenters. The molecule has 2 heterocycles. The van der Waals surface area contributed by atoms with Crippen LogP contribution in [0.15, 0.2) is 24.3 Å². The molecule has 1 aromatic carbocycles. The number of hydrogen-bond donors (Lipinski definition) is 1. The fourth-order valence-corrected chi connectivity index (χ4v) is 4.10. The molecule has 0 bridgehead atoms. The lowest BCUT2D eigenvalue weighted by molar-refractivity contribution is -0.138. The lowest BCUT2D eigenvalue weighted by Crippen LogP contribution is -2.46. The van der Waals surface area contributed by atoms with Crippen LogP contribution >= 0.6 is 11.3 Å². The molecule has 3 rings (SSSR count). The number of rotatable bonds is 6. The molecule has 27 heavy (non-hydrogen) atoms. The fraction of sp³-hybridized carbons (Fsp3) is 0.450. The van der Waals surface area contributed by atoms with E-state index < -0.39 is 0 Å². The molecule has 7 heteroatoms. The van der Waals surface area contributed by atoms with Crippen molar-refractivity contribution in [2.24, 2.45) is 5.92 Å². The Hall–Kier alpha value is -2.28. The lowest BCUT2D eigenvalue weighted by atomic mass is 9.96. The van der Waals surface area contributed by atoms with E-state index in [1.807, 2.05) is 19.9 Å². The molecular weight excluding hydrogens is 365 g/mol. The molecule has 5 nitrogen and oxygen atoms in total. The Morgan fingerprint density at radius 1 is 1.41 bits per heavy atom. The van der Waals surface area contributed by atoms with E-state index in [9.17, 15) is 14.0 Å². The predicted octanol–water partition coefficient (Wildman–Crippen LogP) is 3.00. The van der Waals surface area contributed by atoms with Crippen molar-refractivity contribution in [1.29, 1.82) is 0 Å². The minimum absolute atomic E-state index is 0.0382. The van der Waals surface area contributed by atoms with Crippen molar-refractivity contribution < 1.29 is 14.0 Å². The minimum Gasteiger partial charge on any atom is -0.349 e. The van der Waals surface area contributed by atoms with Crippen LogP contribution in [0.4, 0.5) is 4.39 Å². The standard InChI is InChI=1S/C20H24FN3O2S/c1-13-14(2)27-18(23-13)11-22-20(26)16-6-7-19(25)24(12-16)9-8-15-4-3-5-17(21)10-15/h3-5,10,16H,6-9,11-12H2,1-2H3,(H,22,26)/t16-/m1/s1. The van der Waals surface area contributed by atoms with E-state index in [1.165, 1.54) is 12.1 Å². The minimum atomic E-state index is -0.276. The summed E-state index contributed by atoms with van der Waals surface area (Å²) in [5.74, 6) is -0.467. The quantitative estimate of drug-likeness (QED) is 0.826. The zero-order chi connectivity index (χ0) is 19.4. The Balaban J connectivity index is 1.52. The van der Waals surface area contributed by atoms with Gasteiger partial charge in [0.25, 0.3) is 0 Å². The summed E-state index contributed by atoms with van der Waals surface area (Å²) in [6.07, 6.45) is 1.52. The Bertz CT molecular complexity index is 817. The summed E-state index contributed by atoms with van der Waals surface area (Å²) in [7, 11) is 0. The van der Waals surface area contributed by atoms with Gasteiger partial charge in [-0.1, -0.05) is 12.1 Å². The number of aromatic nitrogens is 1. The smallest absolute Gasteiger partial charge is 0.225 e. The second-order valence-electron chi connectivity index (χ2n) is 6.92. The summed E-state index contributed by atoms with van der Waals surface area (Å²) >= 11 is 1.59. The molecular formula is C20H24FN3O2S. The zero-order valence-electron chi connectivity index (χ0n) is 15.6. The number of carbonyl (C=O) groups is 2. The van der Waals surface area contributed by atoms with E-state index in [1.54, 1.807) is 22.3 Å². The van der Waals surface area contributed by atoms with Gasteiger partial charge in [-0.15, -0.1) is 11.3 Å². The maximum atomic E-state index is 13.3. The highest BCUT2D eigenvalue weighted by Gasteiger charge is 2.30. The summed E-state index contributed by atoms with van der Waals surface area (Å²) in [5.41, 5.74) is 1.85. The van der Waals surface area contributed by atoms with Crippen LogP contribution in [0.3, 0.4) is 0 Å². The first kappa shape index (κ1) is 19.5. The fourth-order valence-electron chi connectivity index (χ4n) is 3.22. The average Bonchev–Trinajstić information content (AvgIpc) is 2.97. The van der Waals surface area contributed by atoms with Crippen molar-refractivity contribution in [1.82, 2.24) is 15.2 Å². The lowest BCUT2D eigenvalue weighted by Gasteiger charge is -2.32. The second-order valence-corrected chi connectivity index (χ2v) is 8.21. The largest absolute Gasteiger partial charge is 0.349 e. The number of carbonyl (C=O) groups excluding carboxylic acids is 2. The maximum absolute atomic E-state index is 13.3. The molecule has 2 amide bonds. The van der Waals surface area contributed by atoms with E-state index in [-0.39, 0.29) is 23.5 Å². The molecule has 0 saturated carbocycles. The van der Waals surface area contributed by atoms with E-state index >= 15 is 0 Å². The number of aryl methyl sites for hydroxylation is 2. The first-order valence-electron chi connectivity index (χ1n) is 9.15. The maximum Gasteiger partial charge on any atom is 0.225 e. The number of piperidine rings is 1. The van der Waals surface area contributed by atoms with Gasteiger partial charge in [-0.3, -0.25) is 9.59 Å². The Kier molecular flexibility index (Phi) is 6.21. The van der Waals surface area contributed by atoms with Gasteiger partial charge in [0.2, 0.25) is 11.8 Å². The topological polar surface area (TPSA) is 62.3 Å². The van der Waals surface area contributed by atoms with E-state index in [4.69, 9.17) is 0 Å². The first-order valence-corrected chi connectivity index (χ1v) is 9.97. The number of halogens is 1. The summed E-state index contributed by atoms with van der Waals surface area (Å²) in [4.78, 5) is 32.0. The number of likely N-dealkylation sites (tertiary alicyclic amines) is 1. The highest BCUT2D eigenvalue weighted by molar-refractivity contribution is 7.11. The van der Waals surface area contributed by atoms with Crippen molar-refractivity contribution in [2.75, 3.05) is 13.1 Å². The van der Waals surface area contributed by atoms with Gasteiger partial charge >= 0.3 is 0 Å². The van der Waals surface area contributed by atoms with Crippen molar-refractivity contribution >= 4 is 23.2 Å². The zero-order valence-corrected chi connectivity index (χ0v) is 16.4. The van der Waals surface area contributed by atoms with Crippen LogP contribution in [0.5, 0.6) is 0 Å². The normalized spacial score (nSPS) is 17.2. The number of nitrogens with one attached hydrogen (secondary N) is 1. The molecule has 144 valence electrons. The van der Waals surface area contributed by atoms with Gasteiger partial charge in [0.05, 0.1) is 18.2 Å². The van der Waals surface area contributed by atoms with Crippen LogP contribution in [0.2, 0.25) is 0 Å². The number of amides is 2. The van der Waals surface area contributed by atoms with Crippen molar-refractivity contribution in [3.63, 3.8) is 0 Å². The summed E-state index contributed by atoms with van der Waals surface area (Å²) in [6.45, 7) is 5.31. The third kappa shape index (κ3) is 5.13. The third-order valence-electron chi connectivity index (χ3n) is 4.92. The summed E-state index contributed by atoms with van der Waals surface area (Å²) < 4.78 is 13.3. The van der Waals surface area contributed by atoms with Gasteiger partial charge in [0.15, 0.2) is 0 Å². The van der Waals surface area contributed by atoms with Crippen LogP contribution in [0.1, 0.15) is 34.0 Å². The molecule has 1 aliphatic heterocycles. The molecule has 0 aliphatic carbocycles. The predicted molar refractivity (Wildman–Crippen MR) is 103 cm³/mol. The third-order valence-corrected chi connectivity index (χ3v) is 5.99. The van der Waals surface area contributed by atoms with E-state index in [0.717, 1.165) is 21.1 Å². The number of hydrogen-bond acceptors (Lipinski definition) is 4. The van der Waals surface area contributed by atoms with Crippen molar-refractivity contribution in [3.05, 3.63) is 51.2 Å². The molecule has 1 fully saturated rings. The molecule has 1 saturated heterocycles. The van der Waals surface area contributed by atoms with Gasteiger partial charge in [0, 0.05) is 24.4 Å². The van der Waals surface area contributed by atoms with Gasteiger partial charge in [-0.25, -0.2) is 9.37 Å². The molecule has 1 N–H and O–H groups in total. The highest BCUT2D eigenvalue weighted by Crippen LogP contribution is 2.20. The monoisotopic (exact) mass is 389 g/mol. The van der Waals surface area contributed by atoms with Crippen molar-refractivity contribution in [3.8, 4) is 0 Å². The Morgan fingerprint density at radius 3 is 2.93 bits per heavy atom. The number of thiazole rings is 1. The Morgan fingerprint density at radius 2 is 2.22 bits per heavy atom. The van der Waals surface area contributed by atoms with Crippen LogP contribution in [0.25, 0.3) is 0 Å². The molecule has 2 aromatic rings. The average molecular weight is 389 g/mol. The van der Waals surface area contributed by atoms with Crippen molar-refractivity contribution in [2.45, 2.75) is 39.7 Å². The molecule has 0 spiro atoms. The molecule has 1 aliphatic rings. The summed E-state index contributed by atoms with van der Waals surface area (Å²) in [5, 5.41) is 3.84. The van der Waals surface area contributed by atoms with Crippen LogP contribution in [0, 0.1) is 25.6 Å². The van der Waals surface area contributed by atoms with Crippen LogP contribution in [-0.4, -0.2) is 34.8 Å². The van der Waals surface area contributed by atoms with Crippen LogP contribution < -0.4 is 5.32 Å². The van der Waals surface area contributed by atoms with E-state index in [2.05, 4.69) is 10.3 Å². The van der Waals surface area contributed by atoms with Crippen LogP contribution in [-0.2, 0) is 22.6 Å². The Labute approximate surface area is 162 Å². The molecule has 0 unspecified atom stereocenters. The first-order chi connectivity index (χ1) is 12.9. The summed E-state index contributed by atoms with van der Waals surface area (Å²) in [6, 6.07) is 6.40. The highest BCUT2D eigenvalue weighted by atomic mass is 32.1.